The van der Waals surface area contributed by atoms with E-state index in [9.17, 15) is 9.59 Å². The summed E-state index contributed by atoms with van der Waals surface area (Å²) in [5.41, 5.74) is 5.25. The van der Waals surface area contributed by atoms with E-state index in [4.69, 9.17) is 5.73 Å². The lowest BCUT2D eigenvalue weighted by molar-refractivity contribution is -0.124. The van der Waals surface area contributed by atoms with Gasteiger partial charge in [0.15, 0.2) is 0 Å². The van der Waals surface area contributed by atoms with Crippen LogP contribution in [0.4, 0.5) is 0 Å². The molecule has 2 rings (SSSR count). The number of amides is 2. The fraction of sp³-hybridized carbons (Fsp3) is 0.818. The van der Waals surface area contributed by atoms with Crippen molar-refractivity contribution in [3.05, 3.63) is 0 Å². The third kappa shape index (κ3) is 3.20. The third-order valence-electron chi connectivity index (χ3n) is 3.30. The van der Waals surface area contributed by atoms with E-state index < -0.39 is 0 Å². The van der Waals surface area contributed by atoms with Gasteiger partial charge in [-0.3, -0.25) is 14.5 Å². The summed E-state index contributed by atoms with van der Waals surface area (Å²) in [6.45, 7) is 2.05. The van der Waals surface area contributed by atoms with Crippen LogP contribution >= 0.6 is 0 Å². The minimum atomic E-state index is -0.206. The minimum absolute atomic E-state index is 0.00254. The number of hydrogen-bond acceptors (Lipinski definition) is 3. The number of likely N-dealkylation sites (tertiary alicyclic amines) is 1. The van der Waals surface area contributed by atoms with Crippen LogP contribution in [-0.4, -0.2) is 42.4 Å². The van der Waals surface area contributed by atoms with Crippen LogP contribution in [0.15, 0.2) is 0 Å². The van der Waals surface area contributed by atoms with Crippen molar-refractivity contribution in [2.75, 3.05) is 19.6 Å². The van der Waals surface area contributed by atoms with Crippen LogP contribution in [0.3, 0.4) is 0 Å². The molecule has 16 heavy (non-hydrogen) atoms. The van der Waals surface area contributed by atoms with Gasteiger partial charge in [0.05, 0.1) is 6.54 Å². The highest BCUT2D eigenvalue weighted by Crippen LogP contribution is 2.19. The molecule has 90 valence electrons. The van der Waals surface area contributed by atoms with Gasteiger partial charge in [0, 0.05) is 12.0 Å². The number of nitrogens with zero attached hydrogens (tertiary/aromatic N) is 1. The van der Waals surface area contributed by atoms with Crippen LogP contribution in [0.25, 0.3) is 0 Å². The third-order valence-corrected chi connectivity index (χ3v) is 3.30. The molecule has 0 radical (unpaired) electrons. The molecule has 2 amide bonds. The highest BCUT2D eigenvalue weighted by molar-refractivity contribution is 5.79. The van der Waals surface area contributed by atoms with Crippen LogP contribution in [0.5, 0.6) is 0 Å². The monoisotopic (exact) mass is 225 g/mol. The van der Waals surface area contributed by atoms with Crippen molar-refractivity contribution >= 4 is 11.8 Å². The lowest BCUT2D eigenvalue weighted by Gasteiger charge is -2.29. The Morgan fingerprint density at radius 3 is 2.31 bits per heavy atom. The van der Waals surface area contributed by atoms with Crippen LogP contribution in [0.2, 0.25) is 0 Å². The van der Waals surface area contributed by atoms with Crippen molar-refractivity contribution in [3.8, 4) is 0 Å². The number of piperidine rings is 1. The summed E-state index contributed by atoms with van der Waals surface area (Å²) in [5.74, 6) is -0.0927. The van der Waals surface area contributed by atoms with Gasteiger partial charge < -0.3 is 11.1 Å². The molecule has 5 nitrogen and oxygen atoms in total. The van der Waals surface area contributed by atoms with Crippen molar-refractivity contribution in [1.29, 1.82) is 0 Å². The van der Waals surface area contributed by atoms with Crippen molar-refractivity contribution in [3.63, 3.8) is 0 Å². The molecule has 1 saturated carbocycles. The first-order valence-electron chi connectivity index (χ1n) is 5.96. The Balaban J connectivity index is 1.67. The summed E-state index contributed by atoms with van der Waals surface area (Å²) < 4.78 is 0. The predicted octanol–water partition coefficient (Wildman–Crippen LogP) is -0.538. The maximum atomic E-state index is 11.5. The van der Waals surface area contributed by atoms with E-state index in [-0.39, 0.29) is 17.7 Å². The van der Waals surface area contributed by atoms with Gasteiger partial charge in [-0.05, 0) is 38.8 Å². The van der Waals surface area contributed by atoms with E-state index in [1.54, 1.807) is 0 Å². The zero-order valence-electron chi connectivity index (χ0n) is 9.45. The van der Waals surface area contributed by atoms with Crippen LogP contribution in [0.1, 0.15) is 25.7 Å². The normalized spacial score (nSPS) is 23.0. The summed E-state index contributed by atoms with van der Waals surface area (Å²) in [6, 6.07) is 0.427. The Kier molecular flexibility index (Phi) is 3.43. The second-order valence-corrected chi connectivity index (χ2v) is 4.79. The Morgan fingerprint density at radius 2 is 1.81 bits per heavy atom. The van der Waals surface area contributed by atoms with E-state index in [0.29, 0.717) is 12.6 Å². The maximum Gasteiger partial charge on any atom is 0.234 e. The fourth-order valence-corrected chi connectivity index (χ4v) is 2.08. The van der Waals surface area contributed by atoms with Gasteiger partial charge in [0.25, 0.3) is 0 Å². The molecule has 0 unspecified atom stereocenters. The molecule has 0 spiro atoms. The maximum absolute atomic E-state index is 11.5. The van der Waals surface area contributed by atoms with Crippen LogP contribution < -0.4 is 11.1 Å². The predicted molar refractivity (Wildman–Crippen MR) is 59.5 cm³/mol. The number of carbonyl (C=O) groups excluding carboxylic acids is 2. The molecular weight excluding hydrogens is 206 g/mol. The molecule has 5 heteroatoms. The van der Waals surface area contributed by atoms with Gasteiger partial charge in [0.2, 0.25) is 11.8 Å². The minimum Gasteiger partial charge on any atom is -0.369 e. The number of rotatable bonds is 4. The quantitative estimate of drug-likeness (QED) is 0.675. The Bertz CT molecular complexity index is 281. The number of carbonyl (C=O) groups is 2. The Morgan fingerprint density at radius 1 is 1.19 bits per heavy atom. The van der Waals surface area contributed by atoms with E-state index in [0.717, 1.165) is 38.8 Å². The molecular formula is C11H19N3O2. The first kappa shape index (κ1) is 11.4. The highest BCUT2D eigenvalue weighted by Gasteiger charge is 2.26. The zero-order chi connectivity index (χ0) is 11.5. The summed E-state index contributed by atoms with van der Waals surface area (Å²) in [7, 11) is 0. The molecule has 0 aromatic rings. The fourth-order valence-electron chi connectivity index (χ4n) is 2.08. The average Bonchev–Trinajstić information content (AvgIpc) is 3.02. The van der Waals surface area contributed by atoms with Gasteiger partial charge in [-0.25, -0.2) is 0 Å². The average molecular weight is 225 g/mol. The molecule has 0 aromatic heterocycles. The molecule has 1 saturated heterocycles. The molecule has 0 aromatic carbocycles. The SMILES string of the molecule is NC(=O)C1CCN(CC(=O)NC2CC2)CC1. The first-order valence-corrected chi connectivity index (χ1v) is 5.96. The summed E-state index contributed by atoms with van der Waals surface area (Å²) in [6.07, 6.45) is 3.81. The van der Waals surface area contributed by atoms with E-state index >= 15 is 0 Å². The lowest BCUT2D eigenvalue weighted by Crippen LogP contribution is -2.44. The second-order valence-electron chi connectivity index (χ2n) is 4.79. The molecule has 2 aliphatic rings. The molecule has 1 heterocycles. The lowest BCUT2D eigenvalue weighted by atomic mass is 9.96. The van der Waals surface area contributed by atoms with Gasteiger partial charge in [0.1, 0.15) is 0 Å². The van der Waals surface area contributed by atoms with Crippen LogP contribution in [0, 0.1) is 5.92 Å². The smallest absolute Gasteiger partial charge is 0.234 e. The zero-order valence-corrected chi connectivity index (χ0v) is 9.45. The Labute approximate surface area is 95.3 Å². The summed E-state index contributed by atoms with van der Waals surface area (Å²) >= 11 is 0. The number of primary amides is 1. The van der Waals surface area contributed by atoms with Crippen molar-refractivity contribution < 1.29 is 9.59 Å². The van der Waals surface area contributed by atoms with Gasteiger partial charge in [-0.15, -0.1) is 0 Å². The van der Waals surface area contributed by atoms with E-state index in [1.165, 1.54) is 0 Å². The molecule has 0 bridgehead atoms. The highest BCUT2D eigenvalue weighted by atomic mass is 16.2. The summed E-state index contributed by atoms with van der Waals surface area (Å²) in [4.78, 5) is 24.6. The van der Waals surface area contributed by atoms with Crippen molar-refractivity contribution in [2.45, 2.75) is 31.7 Å². The number of nitrogens with one attached hydrogen (secondary N) is 1. The van der Waals surface area contributed by atoms with Crippen molar-refractivity contribution in [1.82, 2.24) is 10.2 Å². The molecule has 2 fully saturated rings. The molecule has 0 atom stereocenters. The molecule has 1 aliphatic heterocycles. The molecule has 1 aliphatic carbocycles. The number of hydrogen-bond donors (Lipinski definition) is 2. The van der Waals surface area contributed by atoms with Crippen LogP contribution in [-0.2, 0) is 9.59 Å². The van der Waals surface area contributed by atoms with Gasteiger partial charge in [-0.1, -0.05) is 0 Å². The van der Waals surface area contributed by atoms with Crippen molar-refractivity contribution in [2.24, 2.45) is 11.7 Å². The second kappa shape index (κ2) is 4.82. The summed E-state index contributed by atoms with van der Waals surface area (Å²) in [5, 5.41) is 2.96. The molecule has 3 N–H and O–H groups in total. The standard InChI is InChI=1S/C11H19N3O2/c12-11(16)8-3-5-14(6-4-8)7-10(15)13-9-1-2-9/h8-9H,1-7H2,(H2,12,16)(H,13,15). The van der Waals surface area contributed by atoms with Gasteiger partial charge >= 0.3 is 0 Å². The largest absolute Gasteiger partial charge is 0.369 e. The number of nitrogens with two attached hydrogens (primary N) is 1. The van der Waals surface area contributed by atoms with E-state index in [2.05, 4.69) is 10.2 Å². The van der Waals surface area contributed by atoms with Gasteiger partial charge in [-0.2, -0.15) is 0 Å². The first-order chi connectivity index (χ1) is 7.65. The topological polar surface area (TPSA) is 75.4 Å². The Hall–Kier alpha value is -1.10. The van der Waals surface area contributed by atoms with E-state index in [1.807, 2.05) is 0 Å².